The lowest BCUT2D eigenvalue weighted by molar-refractivity contribution is 0.102. The number of rotatable bonds is 5. The minimum atomic E-state index is -0.368. The van der Waals surface area contributed by atoms with Gasteiger partial charge in [-0.1, -0.05) is 52.3 Å². The fraction of sp³-hybridized carbons (Fsp3) is 0.167. The Kier molecular flexibility index (Phi) is 5.14. The zero-order valence-electron chi connectivity index (χ0n) is 13.7. The van der Waals surface area contributed by atoms with Crippen molar-refractivity contribution in [3.8, 4) is 0 Å². The predicted octanol–water partition coefficient (Wildman–Crippen LogP) is 3.49. The molecule has 0 unspecified atom stereocenters. The number of halogens is 1. The molecule has 0 aliphatic carbocycles. The number of nitrogens with one attached hydrogen (secondary N) is 1. The molecule has 128 valence electrons. The van der Waals surface area contributed by atoms with Gasteiger partial charge in [0.15, 0.2) is 11.5 Å². The molecular formula is C18H18BrN5O. The first-order valence-corrected chi connectivity index (χ1v) is 8.70. The van der Waals surface area contributed by atoms with Gasteiger partial charge in [0, 0.05) is 10.2 Å². The van der Waals surface area contributed by atoms with Crippen molar-refractivity contribution in [2.45, 2.75) is 19.9 Å². The van der Waals surface area contributed by atoms with Gasteiger partial charge in [-0.2, -0.15) is 0 Å². The van der Waals surface area contributed by atoms with E-state index in [0.717, 1.165) is 22.0 Å². The average molecular weight is 400 g/mol. The summed E-state index contributed by atoms with van der Waals surface area (Å²) < 4.78 is 2.51. The van der Waals surface area contributed by atoms with E-state index in [9.17, 15) is 4.79 Å². The summed E-state index contributed by atoms with van der Waals surface area (Å²) in [6.45, 7) is 2.51. The second kappa shape index (κ2) is 7.48. The molecule has 0 saturated carbocycles. The number of nitrogens with two attached hydrogens (primary N) is 1. The van der Waals surface area contributed by atoms with Crippen molar-refractivity contribution in [1.82, 2.24) is 15.0 Å². The molecule has 0 bridgehead atoms. The van der Waals surface area contributed by atoms with Gasteiger partial charge >= 0.3 is 0 Å². The van der Waals surface area contributed by atoms with Crippen LogP contribution in [-0.2, 0) is 13.0 Å². The number of hydrogen-bond donors (Lipinski definition) is 2. The summed E-state index contributed by atoms with van der Waals surface area (Å²) in [7, 11) is 0. The second-order valence-electron chi connectivity index (χ2n) is 5.62. The van der Waals surface area contributed by atoms with Crippen molar-refractivity contribution in [3.05, 3.63) is 69.8 Å². The molecular weight excluding hydrogens is 382 g/mol. The van der Waals surface area contributed by atoms with Crippen LogP contribution in [0.2, 0.25) is 0 Å². The van der Waals surface area contributed by atoms with Crippen molar-refractivity contribution >= 4 is 33.3 Å². The van der Waals surface area contributed by atoms with Gasteiger partial charge in [0.25, 0.3) is 5.91 Å². The largest absolute Gasteiger partial charge is 0.382 e. The predicted molar refractivity (Wildman–Crippen MR) is 101 cm³/mol. The van der Waals surface area contributed by atoms with Crippen LogP contribution in [0.25, 0.3) is 0 Å². The van der Waals surface area contributed by atoms with Crippen molar-refractivity contribution in [2.24, 2.45) is 0 Å². The first kappa shape index (κ1) is 17.2. The van der Waals surface area contributed by atoms with Crippen LogP contribution in [0, 0.1) is 0 Å². The number of carbonyl (C=O) groups excluding carboxylic acids is 1. The van der Waals surface area contributed by atoms with E-state index in [1.54, 1.807) is 0 Å². The summed E-state index contributed by atoms with van der Waals surface area (Å²) in [5.74, 6) is -0.125. The van der Waals surface area contributed by atoms with Crippen LogP contribution in [0.4, 0.5) is 11.5 Å². The zero-order chi connectivity index (χ0) is 17.8. The standard InChI is InChI=1S/C18H18BrN5O/c1-2-12-4-3-5-15(10-12)21-18(25)16-17(20)24(23-22-16)11-13-6-8-14(19)9-7-13/h3-10H,2,11,20H2,1H3,(H,21,25). The summed E-state index contributed by atoms with van der Waals surface area (Å²) in [4.78, 5) is 12.4. The molecule has 6 nitrogen and oxygen atoms in total. The summed E-state index contributed by atoms with van der Waals surface area (Å²) >= 11 is 3.40. The topological polar surface area (TPSA) is 85.8 Å². The number of nitrogens with zero attached hydrogens (tertiary/aromatic N) is 3. The van der Waals surface area contributed by atoms with E-state index in [1.807, 2.05) is 48.5 Å². The molecule has 25 heavy (non-hydrogen) atoms. The Balaban J connectivity index is 1.75. The molecule has 0 aliphatic rings. The van der Waals surface area contributed by atoms with Crippen LogP contribution in [0.15, 0.2) is 53.0 Å². The first-order valence-electron chi connectivity index (χ1n) is 7.90. The van der Waals surface area contributed by atoms with Crippen molar-refractivity contribution in [3.63, 3.8) is 0 Å². The van der Waals surface area contributed by atoms with Crippen molar-refractivity contribution in [1.29, 1.82) is 0 Å². The number of carbonyl (C=O) groups is 1. The maximum absolute atomic E-state index is 12.4. The van der Waals surface area contributed by atoms with Gasteiger partial charge in [0.2, 0.25) is 0 Å². The molecule has 3 rings (SSSR count). The number of aromatic nitrogens is 3. The third-order valence-electron chi connectivity index (χ3n) is 3.83. The molecule has 1 amide bonds. The Labute approximate surface area is 154 Å². The lowest BCUT2D eigenvalue weighted by atomic mass is 10.1. The number of amides is 1. The molecule has 0 fully saturated rings. The minimum Gasteiger partial charge on any atom is -0.382 e. The summed E-state index contributed by atoms with van der Waals surface area (Å²) in [6.07, 6.45) is 0.898. The molecule has 0 radical (unpaired) electrons. The van der Waals surface area contributed by atoms with E-state index >= 15 is 0 Å². The minimum absolute atomic E-state index is 0.124. The van der Waals surface area contributed by atoms with E-state index in [2.05, 4.69) is 38.5 Å². The monoisotopic (exact) mass is 399 g/mol. The van der Waals surface area contributed by atoms with E-state index in [4.69, 9.17) is 5.73 Å². The lowest BCUT2D eigenvalue weighted by Crippen LogP contribution is -2.15. The van der Waals surface area contributed by atoms with Crippen molar-refractivity contribution in [2.75, 3.05) is 11.1 Å². The van der Waals surface area contributed by atoms with E-state index in [1.165, 1.54) is 4.68 Å². The van der Waals surface area contributed by atoms with Crippen LogP contribution in [0.5, 0.6) is 0 Å². The fourth-order valence-electron chi connectivity index (χ4n) is 2.42. The highest BCUT2D eigenvalue weighted by Gasteiger charge is 2.18. The van der Waals surface area contributed by atoms with Gasteiger partial charge in [0.05, 0.1) is 6.54 Å². The maximum Gasteiger partial charge on any atom is 0.280 e. The number of anilines is 2. The molecule has 1 heterocycles. The van der Waals surface area contributed by atoms with E-state index < -0.39 is 0 Å². The molecule has 0 saturated heterocycles. The Morgan fingerprint density at radius 1 is 1.20 bits per heavy atom. The number of benzene rings is 2. The van der Waals surface area contributed by atoms with Gasteiger partial charge in [-0.05, 0) is 41.8 Å². The molecule has 2 aromatic carbocycles. The third kappa shape index (κ3) is 4.06. The van der Waals surface area contributed by atoms with Gasteiger partial charge in [-0.15, -0.1) is 5.10 Å². The van der Waals surface area contributed by atoms with E-state index in [-0.39, 0.29) is 17.4 Å². The summed E-state index contributed by atoms with van der Waals surface area (Å²) in [6, 6.07) is 15.5. The highest BCUT2D eigenvalue weighted by atomic mass is 79.9. The molecule has 0 aliphatic heterocycles. The van der Waals surface area contributed by atoms with Crippen LogP contribution in [0.3, 0.4) is 0 Å². The third-order valence-corrected chi connectivity index (χ3v) is 4.36. The Morgan fingerprint density at radius 3 is 2.68 bits per heavy atom. The summed E-state index contributed by atoms with van der Waals surface area (Å²) in [5, 5.41) is 10.8. The Hall–Kier alpha value is -2.67. The number of hydrogen-bond acceptors (Lipinski definition) is 4. The number of aryl methyl sites for hydroxylation is 1. The average Bonchev–Trinajstić information content (AvgIpc) is 2.98. The molecule has 0 spiro atoms. The van der Waals surface area contributed by atoms with Gasteiger partial charge in [0.1, 0.15) is 0 Å². The SMILES string of the molecule is CCc1cccc(NC(=O)c2nnn(Cc3ccc(Br)cc3)c2N)c1. The highest BCUT2D eigenvalue weighted by Crippen LogP contribution is 2.16. The van der Waals surface area contributed by atoms with E-state index in [0.29, 0.717) is 12.2 Å². The van der Waals surface area contributed by atoms with Gasteiger partial charge < -0.3 is 11.1 Å². The fourth-order valence-corrected chi connectivity index (χ4v) is 2.69. The lowest BCUT2D eigenvalue weighted by Gasteiger charge is -2.06. The maximum atomic E-state index is 12.4. The number of nitrogen functional groups attached to an aromatic ring is 1. The molecule has 3 aromatic rings. The van der Waals surface area contributed by atoms with Gasteiger partial charge in [-0.25, -0.2) is 4.68 Å². The first-order chi connectivity index (χ1) is 12.1. The van der Waals surface area contributed by atoms with Crippen molar-refractivity contribution < 1.29 is 4.79 Å². The zero-order valence-corrected chi connectivity index (χ0v) is 15.3. The van der Waals surface area contributed by atoms with Crippen LogP contribution in [-0.4, -0.2) is 20.9 Å². The quantitative estimate of drug-likeness (QED) is 0.687. The van der Waals surface area contributed by atoms with Crippen LogP contribution < -0.4 is 11.1 Å². The molecule has 7 heteroatoms. The molecule has 3 N–H and O–H groups in total. The Bertz CT molecular complexity index is 889. The van der Waals surface area contributed by atoms with Crippen LogP contribution in [0.1, 0.15) is 28.5 Å². The molecule has 1 aromatic heterocycles. The normalized spacial score (nSPS) is 10.6. The van der Waals surface area contributed by atoms with Gasteiger partial charge in [-0.3, -0.25) is 4.79 Å². The Morgan fingerprint density at radius 2 is 1.96 bits per heavy atom. The second-order valence-corrected chi connectivity index (χ2v) is 6.53. The smallest absolute Gasteiger partial charge is 0.280 e. The highest BCUT2D eigenvalue weighted by molar-refractivity contribution is 9.10. The summed E-state index contributed by atoms with van der Waals surface area (Å²) in [5.41, 5.74) is 9.06. The molecule has 0 atom stereocenters. The van der Waals surface area contributed by atoms with Crippen LogP contribution >= 0.6 is 15.9 Å².